The molecule has 0 saturated carbocycles. The maximum absolute atomic E-state index is 13.9. The minimum Gasteiger partial charge on any atom is -0.383 e. The van der Waals surface area contributed by atoms with Gasteiger partial charge in [-0.2, -0.15) is 4.98 Å². The number of anilines is 1. The van der Waals surface area contributed by atoms with Crippen LogP contribution in [0.3, 0.4) is 0 Å². The van der Waals surface area contributed by atoms with Crippen LogP contribution in [0.25, 0.3) is 0 Å². The van der Waals surface area contributed by atoms with Crippen LogP contribution in [0.15, 0.2) is 65.3 Å². The second kappa shape index (κ2) is 8.45. The van der Waals surface area contributed by atoms with Gasteiger partial charge in [0.1, 0.15) is 11.6 Å². The van der Waals surface area contributed by atoms with Gasteiger partial charge in [-0.15, -0.1) is 0 Å². The summed E-state index contributed by atoms with van der Waals surface area (Å²) in [6.07, 6.45) is 2.69. The Morgan fingerprint density at radius 2 is 1.90 bits per heavy atom. The lowest BCUT2D eigenvalue weighted by Gasteiger charge is -2.14. The highest BCUT2D eigenvalue weighted by Crippen LogP contribution is 2.29. The lowest BCUT2D eigenvalue weighted by Crippen LogP contribution is -2.07. The SMILES string of the molecule is Cc1ccc(CC(c2cccc(F)c2)c2nc(Cc3cccnc3N)no2)cc1C. The zero-order valence-electron chi connectivity index (χ0n) is 17.0. The average Bonchev–Trinajstić information content (AvgIpc) is 3.19. The Balaban J connectivity index is 1.66. The molecule has 2 N–H and O–H groups in total. The van der Waals surface area contributed by atoms with Crippen molar-refractivity contribution in [3.05, 3.63) is 106 Å². The van der Waals surface area contributed by atoms with E-state index in [2.05, 4.69) is 47.2 Å². The van der Waals surface area contributed by atoms with Crippen LogP contribution in [-0.4, -0.2) is 15.1 Å². The van der Waals surface area contributed by atoms with E-state index in [-0.39, 0.29) is 11.7 Å². The van der Waals surface area contributed by atoms with Gasteiger partial charge >= 0.3 is 0 Å². The van der Waals surface area contributed by atoms with Crippen molar-refractivity contribution >= 4 is 5.82 Å². The van der Waals surface area contributed by atoms with Crippen molar-refractivity contribution in [2.24, 2.45) is 0 Å². The number of benzene rings is 2. The zero-order valence-corrected chi connectivity index (χ0v) is 17.0. The van der Waals surface area contributed by atoms with Gasteiger partial charge in [-0.1, -0.05) is 41.6 Å². The molecule has 2 aromatic heterocycles. The Bertz CT molecular complexity index is 1170. The van der Waals surface area contributed by atoms with E-state index in [1.165, 1.54) is 23.3 Å². The summed E-state index contributed by atoms with van der Waals surface area (Å²) in [7, 11) is 0. The second-order valence-corrected chi connectivity index (χ2v) is 7.50. The molecule has 0 fully saturated rings. The largest absolute Gasteiger partial charge is 0.383 e. The summed E-state index contributed by atoms with van der Waals surface area (Å²) in [5, 5.41) is 4.13. The number of hydrogen-bond donors (Lipinski definition) is 1. The van der Waals surface area contributed by atoms with Crippen LogP contribution in [0.4, 0.5) is 10.2 Å². The predicted octanol–water partition coefficient (Wildman–Crippen LogP) is 4.77. The minimum absolute atomic E-state index is 0.254. The highest BCUT2D eigenvalue weighted by atomic mass is 19.1. The van der Waals surface area contributed by atoms with E-state index < -0.39 is 0 Å². The molecule has 0 radical (unpaired) electrons. The Morgan fingerprint density at radius 1 is 1.03 bits per heavy atom. The number of pyridine rings is 1. The molecule has 4 rings (SSSR count). The number of nitrogens with two attached hydrogens (primary N) is 1. The Kier molecular flexibility index (Phi) is 5.57. The van der Waals surface area contributed by atoms with Crippen molar-refractivity contribution in [3.8, 4) is 0 Å². The van der Waals surface area contributed by atoms with Gasteiger partial charge in [-0.3, -0.25) is 0 Å². The number of rotatable bonds is 6. The first-order valence-corrected chi connectivity index (χ1v) is 9.83. The molecule has 2 aromatic carbocycles. The molecule has 30 heavy (non-hydrogen) atoms. The quantitative estimate of drug-likeness (QED) is 0.503. The molecule has 5 nitrogen and oxygen atoms in total. The fourth-order valence-corrected chi connectivity index (χ4v) is 3.49. The van der Waals surface area contributed by atoms with E-state index in [0.29, 0.717) is 30.4 Å². The van der Waals surface area contributed by atoms with Gasteiger partial charge in [-0.25, -0.2) is 9.37 Å². The topological polar surface area (TPSA) is 77.8 Å². The molecule has 0 bridgehead atoms. The standard InChI is InChI=1S/C24H23FN4O/c1-15-8-9-17(11-16(15)2)12-21(18-5-3-7-20(25)13-18)24-28-22(29-30-24)14-19-6-4-10-27-23(19)26/h3-11,13,21H,12,14H2,1-2H3,(H2,26,27). The zero-order chi connectivity index (χ0) is 21.1. The molecular weight excluding hydrogens is 379 g/mol. The van der Waals surface area contributed by atoms with Crippen LogP contribution in [-0.2, 0) is 12.8 Å². The van der Waals surface area contributed by atoms with Crippen LogP contribution in [0.1, 0.15) is 45.5 Å². The molecule has 6 heteroatoms. The average molecular weight is 402 g/mol. The first kappa shape index (κ1) is 19.8. The summed E-state index contributed by atoms with van der Waals surface area (Å²) in [6, 6.07) is 16.6. The summed E-state index contributed by atoms with van der Waals surface area (Å²) in [4.78, 5) is 8.70. The third kappa shape index (κ3) is 4.38. The predicted molar refractivity (Wildman–Crippen MR) is 114 cm³/mol. The summed E-state index contributed by atoms with van der Waals surface area (Å²) >= 11 is 0. The first-order chi connectivity index (χ1) is 14.5. The van der Waals surface area contributed by atoms with Crippen molar-refractivity contribution in [2.45, 2.75) is 32.6 Å². The Morgan fingerprint density at radius 3 is 2.67 bits per heavy atom. The molecule has 152 valence electrons. The number of aryl methyl sites for hydroxylation is 2. The number of hydrogen-bond acceptors (Lipinski definition) is 5. The van der Waals surface area contributed by atoms with E-state index >= 15 is 0 Å². The molecule has 0 spiro atoms. The Hall–Kier alpha value is -3.54. The summed E-state index contributed by atoms with van der Waals surface area (Å²) in [5.41, 5.74) is 11.1. The van der Waals surface area contributed by atoms with Gasteiger partial charge in [-0.05, 0) is 60.7 Å². The molecule has 0 aliphatic heterocycles. The number of nitrogen functional groups attached to an aromatic ring is 1. The van der Waals surface area contributed by atoms with Gasteiger partial charge in [0.25, 0.3) is 0 Å². The third-order valence-corrected chi connectivity index (χ3v) is 5.32. The van der Waals surface area contributed by atoms with Gasteiger partial charge < -0.3 is 10.3 Å². The van der Waals surface area contributed by atoms with Crippen LogP contribution in [0.2, 0.25) is 0 Å². The molecule has 4 aromatic rings. The highest BCUT2D eigenvalue weighted by molar-refractivity contribution is 5.40. The van der Waals surface area contributed by atoms with E-state index in [9.17, 15) is 4.39 Å². The minimum atomic E-state index is -0.291. The van der Waals surface area contributed by atoms with Crippen molar-refractivity contribution in [2.75, 3.05) is 5.73 Å². The van der Waals surface area contributed by atoms with E-state index in [0.717, 1.165) is 16.7 Å². The monoisotopic (exact) mass is 402 g/mol. The normalized spacial score (nSPS) is 12.1. The van der Waals surface area contributed by atoms with E-state index in [4.69, 9.17) is 10.3 Å². The van der Waals surface area contributed by atoms with Gasteiger partial charge in [0.05, 0.1) is 5.92 Å². The molecule has 2 heterocycles. The van der Waals surface area contributed by atoms with Gasteiger partial charge in [0, 0.05) is 18.2 Å². The number of nitrogens with zero attached hydrogens (tertiary/aromatic N) is 3. The maximum Gasteiger partial charge on any atom is 0.234 e. The Labute approximate surface area is 174 Å². The van der Waals surface area contributed by atoms with Crippen LogP contribution in [0.5, 0.6) is 0 Å². The summed E-state index contributed by atoms with van der Waals surface area (Å²) < 4.78 is 19.6. The molecule has 0 aliphatic carbocycles. The van der Waals surface area contributed by atoms with Crippen molar-refractivity contribution in [1.82, 2.24) is 15.1 Å². The van der Waals surface area contributed by atoms with Crippen molar-refractivity contribution < 1.29 is 8.91 Å². The van der Waals surface area contributed by atoms with Crippen molar-refractivity contribution in [1.29, 1.82) is 0 Å². The van der Waals surface area contributed by atoms with E-state index in [1.54, 1.807) is 12.3 Å². The second-order valence-electron chi connectivity index (χ2n) is 7.50. The lowest BCUT2D eigenvalue weighted by molar-refractivity contribution is 0.360. The smallest absolute Gasteiger partial charge is 0.234 e. The maximum atomic E-state index is 13.9. The third-order valence-electron chi connectivity index (χ3n) is 5.32. The summed E-state index contributed by atoms with van der Waals surface area (Å²) in [6.45, 7) is 4.16. The van der Waals surface area contributed by atoms with Gasteiger partial charge in [0.2, 0.25) is 5.89 Å². The molecular formula is C24H23FN4O. The molecule has 0 saturated heterocycles. The lowest BCUT2D eigenvalue weighted by atomic mass is 9.90. The molecule has 1 atom stereocenters. The number of aromatic nitrogens is 3. The highest BCUT2D eigenvalue weighted by Gasteiger charge is 2.23. The first-order valence-electron chi connectivity index (χ1n) is 9.83. The number of halogens is 1. The van der Waals surface area contributed by atoms with Gasteiger partial charge in [0.15, 0.2) is 5.82 Å². The fourth-order valence-electron chi connectivity index (χ4n) is 3.49. The molecule has 0 amide bonds. The van der Waals surface area contributed by atoms with Crippen molar-refractivity contribution in [3.63, 3.8) is 0 Å². The molecule has 1 unspecified atom stereocenters. The van der Waals surface area contributed by atoms with E-state index in [1.807, 2.05) is 18.2 Å². The summed E-state index contributed by atoms with van der Waals surface area (Å²) in [5.74, 6) is 0.874. The molecule has 0 aliphatic rings. The van der Waals surface area contributed by atoms with Crippen LogP contribution in [0, 0.1) is 19.7 Å². The van der Waals surface area contributed by atoms with Crippen LogP contribution < -0.4 is 5.73 Å². The van der Waals surface area contributed by atoms with Crippen LogP contribution >= 0.6 is 0 Å². The fraction of sp³-hybridized carbons (Fsp3) is 0.208.